The molecule has 0 spiro atoms. The van der Waals surface area contributed by atoms with Gasteiger partial charge in [0.05, 0.1) is 12.6 Å². The molecule has 16 heavy (non-hydrogen) atoms. The summed E-state index contributed by atoms with van der Waals surface area (Å²) in [7, 11) is 0. The van der Waals surface area contributed by atoms with Gasteiger partial charge in [-0.2, -0.15) is 5.26 Å². The van der Waals surface area contributed by atoms with E-state index in [9.17, 15) is 0 Å². The molecule has 0 radical (unpaired) electrons. The number of hydrogen-bond donors (Lipinski definition) is 1. The van der Waals surface area contributed by atoms with Gasteiger partial charge in [0.25, 0.3) is 5.70 Å². The first-order valence-electron chi connectivity index (χ1n) is 4.58. The molecule has 0 saturated heterocycles. The number of nitrogens with one attached hydrogen (secondary N) is 1. The Kier molecular flexibility index (Phi) is 3.81. The maximum Gasteiger partial charge on any atom is 0.254 e. The van der Waals surface area contributed by atoms with E-state index in [1.54, 1.807) is 19.1 Å². The molecule has 0 aromatic heterocycles. The van der Waals surface area contributed by atoms with E-state index in [1.807, 2.05) is 24.3 Å². The fourth-order valence-electron chi connectivity index (χ4n) is 1.34. The molecular weight excluding hydrogens is 198 g/mol. The summed E-state index contributed by atoms with van der Waals surface area (Å²) in [5, 5.41) is 16.0. The molecule has 0 fully saturated rings. The molecule has 1 aromatic rings. The van der Waals surface area contributed by atoms with Crippen molar-refractivity contribution >= 4 is 11.4 Å². The van der Waals surface area contributed by atoms with Crippen LogP contribution in [0.25, 0.3) is 10.4 Å². The Balaban J connectivity index is 3.50. The largest absolute Gasteiger partial charge is 0.271 e. The van der Waals surface area contributed by atoms with Gasteiger partial charge in [-0.3, -0.25) is 5.41 Å². The lowest BCUT2D eigenvalue weighted by molar-refractivity contribution is 1.43. The molecule has 0 aliphatic rings. The van der Waals surface area contributed by atoms with Gasteiger partial charge in [-0.15, -0.1) is 0 Å². The van der Waals surface area contributed by atoms with E-state index in [1.165, 1.54) is 0 Å². The van der Waals surface area contributed by atoms with Crippen molar-refractivity contribution in [3.05, 3.63) is 58.6 Å². The summed E-state index contributed by atoms with van der Waals surface area (Å²) in [6.07, 6.45) is 0. The molecule has 0 amide bonds. The van der Waals surface area contributed by atoms with Crippen molar-refractivity contribution < 1.29 is 0 Å². The van der Waals surface area contributed by atoms with E-state index in [4.69, 9.17) is 17.2 Å². The number of rotatable bonds is 2. The first-order chi connectivity index (χ1) is 7.74. The summed E-state index contributed by atoms with van der Waals surface area (Å²) >= 11 is 0. The monoisotopic (exact) mass is 207 g/mol. The second-order valence-corrected chi connectivity index (χ2v) is 3.06. The first-order valence-corrected chi connectivity index (χ1v) is 4.58. The summed E-state index contributed by atoms with van der Waals surface area (Å²) in [5.41, 5.74) is 1.71. The lowest BCUT2D eigenvalue weighted by atomic mass is 9.99. The van der Waals surface area contributed by atoms with Crippen LogP contribution in [-0.4, -0.2) is 5.87 Å². The summed E-state index contributed by atoms with van der Waals surface area (Å²) in [6, 6.07) is 11.1. The van der Waals surface area contributed by atoms with Crippen molar-refractivity contribution in [2.75, 3.05) is 0 Å². The van der Waals surface area contributed by atoms with Gasteiger partial charge in [-0.1, -0.05) is 30.3 Å². The normalized spacial score (nSPS) is 10.4. The Morgan fingerprint density at radius 1 is 1.38 bits per heavy atom. The lowest BCUT2D eigenvalue weighted by Crippen LogP contribution is -1.90. The molecule has 0 heterocycles. The Bertz CT molecular complexity index is 547. The Morgan fingerprint density at radius 3 is 2.44 bits per heavy atom. The second kappa shape index (κ2) is 5.32. The van der Waals surface area contributed by atoms with Gasteiger partial charge in [0.15, 0.2) is 0 Å². The minimum Gasteiger partial charge on any atom is -0.271 e. The van der Waals surface area contributed by atoms with Crippen molar-refractivity contribution in [2.45, 2.75) is 6.92 Å². The molecule has 3 nitrogen and oxygen atoms in total. The van der Waals surface area contributed by atoms with E-state index in [0.717, 1.165) is 5.56 Å². The Hall–Kier alpha value is -2.61. The third-order valence-electron chi connectivity index (χ3n) is 2.07. The van der Waals surface area contributed by atoms with E-state index in [2.05, 4.69) is 10.7 Å². The Morgan fingerprint density at radius 2 is 2.00 bits per heavy atom. The van der Waals surface area contributed by atoms with Crippen molar-refractivity contribution in [3.63, 3.8) is 0 Å². The molecule has 0 atom stereocenters. The number of hydrogen-bond acceptors (Lipinski definition) is 2. The first kappa shape index (κ1) is 11.5. The highest BCUT2D eigenvalue weighted by Gasteiger charge is 2.11. The molecule has 0 saturated carbocycles. The lowest BCUT2D eigenvalue weighted by Gasteiger charge is -2.05. The van der Waals surface area contributed by atoms with Crippen molar-refractivity contribution in [1.29, 1.82) is 10.7 Å². The van der Waals surface area contributed by atoms with Crippen LogP contribution in [0.2, 0.25) is 0 Å². The minimum atomic E-state index is 0.0604. The fraction of sp³-hybridized carbons (Fsp3) is 0.0769. The number of allylic oxidation sites excluding steroid dienone is 2. The molecule has 76 valence electrons. The average Bonchev–Trinajstić information content (AvgIpc) is 2.36. The van der Waals surface area contributed by atoms with Crippen LogP contribution in [0.15, 0.2) is 41.6 Å². The van der Waals surface area contributed by atoms with Crippen LogP contribution in [0.4, 0.5) is 0 Å². The molecular formula is C13H9N3. The molecule has 0 bridgehead atoms. The predicted octanol–water partition coefficient (Wildman–Crippen LogP) is 3.04. The minimum absolute atomic E-state index is 0.0604. The standard InChI is InChI=1S/C13H9N3/c1-10(8-14)13(12(9-15)16-2)11-6-4-3-5-7-11/h3-7,15H,1H3. The van der Waals surface area contributed by atoms with Crippen LogP contribution < -0.4 is 0 Å². The highest BCUT2D eigenvalue weighted by atomic mass is 14.7. The topological polar surface area (TPSA) is 52.0 Å². The Labute approximate surface area is 94.3 Å². The van der Waals surface area contributed by atoms with Gasteiger partial charge in [-0.05, 0) is 18.4 Å². The van der Waals surface area contributed by atoms with E-state index in [0.29, 0.717) is 11.1 Å². The van der Waals surface area contributed by atoms with Crippen LogP contribution >= 0.6 is 0 Å². The highest BCUT2D eigenvalue weighted by Crippen LogP contribution is 2.25. The van der Waals surface area contributed by atoms with Crippen molar-refractivity contribution in [1.82, 2.24) is 0 Å². The van der Waals surface area contributed by atoms with E-state index in [-0.39, 0.29) is 5.70 Å². The highest BCUT2D eigenvalue weighted by molar-refractivity contribution is 5.92. The smallest absolute Gasteiger partial charge is 0.254 e. The number of benzene rings is 1. The number of nitriles is 1. The molecule has 3 heteroatoms. The van der Waals surface area contributed by atoms with Gasteiger partial charge in [0.1, 0.15) is 0 Å². The van der Waals surface area contributed by atoms with Gasteiger partial charge in [-0.25, -0.2) is 4.85 Å². The summed E-state index contributed by atoms with van der Waals surface area (Å²) in [6.45, 7) is 8.60. The molecule has 0 aliphatic carbocycles. The SMILES string of the molecule is [C-]#[N+]C(=C=N)C(=C(C)C#N)c1ccccc1. The summed E-state index contributed by atoms with van der Waals surface area (Å²) < 4.78 is 0. The average molecular weight is 207 g/mol. The molecule has 0 aliphatic heterocycles. The zero-order valence-corrected chi connectivity index (χ0v) is 8.78. The summed E-state index contributed by atoms with van der Waals surface area (Å²) in [5.74, 6) is 2.07. The maximum absolute atomic E-state index is 8.89. The third kappa shape index (κ3) is 2.25. The quantitative estimate of drug-likeness (QED) is 0.344. The molecule has 0 unspecified atom stereocenters. The second-order valence-electron chi connectivity index (χ2n) is 3.06. The zero-order chi connectivity index (χ0) is 12.0. The fourth-order valence-corrected chi connectivity index (χ4v) is 1.34. The maximum atomic E-state index is 8.89. The van der Waals surface area contributed by atoms with Gasteiger partial charge >= 0.3 is 0 Å². The number of nitrogens with zero attached hydrogens (tertiary/aromatic N) is 2. The molecule has 1 aromatic carbocycles. The van der Waals surface area contributed by atoms with Crippen LogP contribution in [0.5, 0.6) is 0 Å². The van der Waals surface area contributed by atoms with Crippen LogP contribution in [-0.2, 0) is 0 Å². The van der Waals surface area contributed by atoms with E-state index >= 15 is 0 Å². The van der Waals surface area contributed by atoms with Gasteiger partial charge in [0, 0.05) is 11.1 Å². The van der Waals surface area contributed by atoms with E-state index < -0.39 is 0 Å². The van der Waals surface area contributed by atoms with Crippen LogP contribution in [0.1, 0.15) is 12.5 Å². The van der Waals surface area contributed by atoms with Gasteiger partial charge in [0.2, 0.25) is 0 Å². The zero-order valence-electron chi connectivity index (χ0n) is 8.78. The third-order valence-corrected chi connectivity index (χ3v) is 2.07. The molecule has 1 N–H and O–H groups in total. The summed E-state index contributed by atoms with van der Waals surface area (Å²) in [4.78, 5) is 3.21. The van der Waals surface area contributed by atoms with Crippen LogP contribution in [0, 0.1) is 23.3 Å². The predicted molar refractivity (Wildman–Crippen MR) is 62.5 cm³/mol. The van der Waals surface area contributed by atoms with Crippen molar-refractivity contribution in [3.8, 4) is 6.07 Å². The van der Waals surface area contributed by atoms with Gasteiger partial charge < -0.3 is 0 Å². The molecule has 1 rings (SSSR count). The van der Waals surface area contributed by atoms with Crippen molar-refractivity contribution in [2.24, 2.45) is 0 Å². The van der Waals surface area contributed by atoms with Crippen LogP contribution in [0.3, 0.4) is 0 Å².